The molecule has 1 saturated carbocycles. The first-order valence-corrected chi connectivity index (χ1v) is 8.03. The van der Waals surface area contributed by atoms with Gasteiger partial charge in [-0.2, -0.15) is 0 Å². The highest BCUT2D eigenvalue weighted by Gasteiger charge is 2.38. The topological polar surface area (TPSA) is 58.2 Å². The summed E-state index contributed by atoms with van der Waals surface area (Å²) in [5.41, 5.74) is 0. The maximum atomic E-state index is 11.7. The summed E-state index contributed by atoms with van der Waals surface area (Å²) in [5.74, 6) is 0.767. The highest BCUT2D eigenvalue weighted by Crippen LogP contribution is 2.37. The van der Waals surface area contributed by atoms with E-state index in [0.717, 1.165) is 12.8 Å². The summed E-state index contributed by atoms with van der Waals surface area (Å²) in [6, 6.07) is 4.16. The Morgan fingerprint density at radius 3 is 2.60 bits per heavy atom. The smallest absolute Gasteiger partial charge is 0.223 e. The van der Waals surface area contributed by atoms with Crippen molar-refractivity contribution in [3.63, 3.8) is 0 Å². The van der Waals surface area contributed by atoms with Crippen LogP contribution in [0, 0.1) is 11.8 Å². The van der Waals surface area contributed by atoms with E-state index in [1.165, 1.54) is 9.75 Å². The molecule has 1 aromatic rings. The Morgan fingerprint density at radius 2 is 2.00 bits per heavy atom. The fourth-order valence-corrected chi connectivity index (χ4v) is 3.00. The average Bonchev–Trinajstić information content (AvgIpc) is 3.00. The van der Waals surface area contributed by atoms with Crippen molar-refractivity contribution in [1.29, 1.82) is 0 Å². The van der Waals surface area contributed by atoms with E-state index in [9.17, 15) is 9.59 Å². The van der Waals surface area contributed by atoms with Crippen LogP contribution in [0.25, 0.3) is 0 Å². The average molecular weight is 294 g/mol. The lowest BCUT2D eigenvalue weighted by Gasteiger charge is -2.05. The zero-order chi connectivity index (χ0) is 14.5. The van der Waals surface area contributed by atoms with E-state index in [4.69, 9.17) is 0 Å². The van der Waals surface area contributed by atoms with Crippen LogP contribution in [-0.2, 0) is 22.6 Å². The zero-order valence-corrected chi connectivity index (χ0v) is 12.9. The molecule has 1 aromatic heterocycles. The van der Waals surface area contributed by atoms with Gasteiger partial charge in [0.05, 0.1) is 6.54 Å². The van der Waals surface area contributed by atoms with E-state index < -0.39 is 0 Å². The minimum atomic E-state index is -0.0133. The van der Waals surface area contributed by atoms with Crippen LogP contribution in [0.5, 0.6) is 0 Å². The van der Waals surface area contributed by atoms with Gasteiger partial charge in [0.1, 0.15) is 0 Å². The molecule has 0 unspecified atom stereocenters. The lowest BCUT2D eigenvalue weighted by molar-refractivity contribution is -0.123. The maximum Gasteiger partial charge on any atom is 0.223 e. The monoisotopic (exact) mass is 294 g/mol. The van der Waals surface area contributed by atoms with Crippen LogP contribution in [0.3, 0.4) is 0 Å². The van der Waals surface area contributed by atoms with E-state index in [-0.39, 0.29) is 17.7 Å². The van der Waals surface area contributed by atoms with Gasteiger partial charge in [-0.05, 0) is 30.9 Å². The summed E-state index contributed by atoms with van der Waals surface area (Å²) in [6.07, 6.45) is 2.36. The lowest BCUT2D eigenvalue weighted by atomic mass is 10.3. The van der Waals surface area contributed by atoms with Gasteiger partial charge in [-0.1, -0.05) is 13.8 Å². The van der Waals surface area contributed by atoms with Crippen LogP contribution in [0.2, 0.25) is 0 Å². The Bertz CT molecular complexity index is 484. The predicted octanol–water partition coefficient (Wildman–Crippen LogP) is 2.09. The number of hydrogen-bond donors (Lipinski definition) is 2. The third kappa shape index (κ3) is 4.34. The van der Waals surface area contributed by atoms with Crippen molar-refractivity contribution in [2.45, 2.75) is 39.7 Å². The summed E-state index contributed by atoms with van der Waals surface area (Å²) in [5, 5.41) is 5.70. The molecule has 1 aliphatic rings. The Morgan fingerprint density at radius 1 is 1.30 bits per heavy atom. The number of thiophene rings is 1. The van der Waals surface area contributed by atoms with Crippen LogP contribution in [-0.4, -0.2) is 18.4 Å². The molecule has 0 spiro atoms. The molecule has 1 aliphatic carbocycles. The first-order valence-electron chi connectivity index (χ1n) is 7.22. The van der Waals surface area contributed by atoms with Gasteiger partial charge in [0.25, 0.3) is 0 Å². The third-order valence-corrected chi connectivity index (χ3v) is 4.85. The van der Waals surface area contributed by atoms with Crippen molar-refractivity contribution in [3.8, 4) is 0 Å². The van der Waals surface area contributed by atoms with E-state index in [1.54, 1.807) is 11.3 Å². The molecule has 0 radical (unpaired) electrons. The summed E-state index contributed by atoms with van der Waals surface area (Å²) < 4.78 is 0. The van der Waals surface area contributed by atoms with Crippen molar-refractivity contribution in [2.24, 2.45) is 11.8 Å². The Kier molecular flexibility index (Phi) is 5.17. The second kappa shape index (κ2) is 6.88. The quantitative estimate of drug-likeness (QED) is 0.809. The first-order chi connectivity index (χ1) is 9.60. The van der Waals surface area contributed by atoms with Gasteiger partial charge < -0.3 is 10.6 Å². The third-order valence-electron chi connectivity index (χ3n) is 3.62. The number of carbonyl (C=O) groups excluding carboxylic acids is 2. The van der Waals surface area contributed by atoms with Gasteiger partial charge in [-0.25, -0.2) is 0 Å². The number of carbonyl (C=O) groups is 2. The zero-order valence-electron chi connectivity index (χ0n) is 12.1. The van der Waals surface area contributed by atoms with E-state index in [2.05, 4.69) is 36.6 Å². The fraction of sp³-hybridized carbons (Fsp3) is 0.600. The number of rotatable bonds is 7. The maximum absolute atomic E-state index is 11.7. The molecule has 2 amide bonds. The van der Waals surface area contributed by atoms with Crippen LogP contribution in [0.4, 0.5) is 0 Å². The largest absolute Gasteiger partial charge is 0.355 e. The molecule has 5 heteroatoms. The van der Waals surface area contributed by atoms with Gasteiger partial charge in [0.15, 0.2) is 0 Å². The molecule has 20 heavy (non-hydrogen) atoms. The van der Waals surface area contributed by atoms with Crippen LogP contribution < -0.4 is 10.6 Å². The van der Waals surface area contributed by atoms with Gasteiger partial charge in [0.2, 0.25) is 11.8 Å². The van der Waals surface area contributed by atoms with Gasteiger partial charge >= 0.3 is 0 Å². The molecule has 0 bridgehead atoms. The first kappa shape index (κ1) is 15.0. The molecule has 2 rings (SSSR count). The Balaban J connectivity index is 1.59. The fourth-order valence-electron chi connectivity index (χ4n) is 2.10. The molecule has 1 fully saturated rings. The molecule has 0 aromatic carbocycles. The van der Waals surface area contributed by atoms with Crippen LogP contribution in [0.1, 0.15) is 36.4 Å². The van der Waals surface area contributed by atoms with Crippen LogP contribution in [0.15, 0.2) is 12.1 Å². The molecule has 0 aliphatic heterocycles. The minimum absolute atomic E-state index is 0.0133. The van der Waals surface area contributed by atoms with Crippen molar-refractivity contribution >= 4 is 23.2 Å². The normalized spacial score (nSPS) is 20.5. The van der Waals surface area contributed by atoms with Gasteiger partial charge in [0, 0.05) is 28.6 Å². The van der Waals surface area contributed by atoms with Crippen LogP contribution >= 0.6 is 11.3 Å². The molecule has 2 N–H and O–H groups in total. The minimum Gasteiger partial charge on any atom is -0.355 e. The molecule has 2 atom stereocenters. The predicted molar refractivity (Wildman–Crippen MR) is 80.4 cm³/mol. The highest BCUT2D eigenvalue weighted by molar-refractivity contribution is 7.11. The molecular weight excluding hydrogens is 272 g/mol. The van der Waals surface area contributed by atoms with Gasteiger partial charge in [-0.3, -0.25) is 9.59 Å². The number of aryl methyl sites for hydroxylation is 1. The molecule has 0 saturated heterocycles. The lowest BCUT2D eigenvalue weighted by Crippen LogP contribution is -2.31. The summed E-state index contributed by atoms with van der Waals surface area (Å²) in [4.78, 5) is 25.7. The highest BCUT2D eigenvalue weighted by atomic mass is 32.1. The standard InChI is InChI=1S/C15H22N2O2S/c1-3-11-4-5-12(20-11)9-17-14(18)6-7-16-15(19)13-8-10(13)2/h4-5,10,13H,3,6-9H2,1-2H3,(H,16,19)(H,17,18)/t10-,13+/m0/s1. The number of hydrogen-bond acceptors (Lipinski definition) is 3. The summed E-state index contributed by atoms with van der Waals surface area (Å²) in [6.45, 7) is 5.20. The second-order valence-corrected chi connectivity index (χ2v) is 6.61. The Hall–Kier alpha value is -1.36. The molecular formula is C15H22N2O2S. The molecule has 110 valence electrons. The van der Waals surface area contributed by atoms with Crippen molar-refractivity contribution in [2.75, 3.05) is 6.54 Å². The summed E-state index contributed by atoms with van der Waals surface area (Å²) >= 11 is 1.73. The van der Waals surface area contributed by atoms with E-state index >= 15 is 0 Å². The van der Waals surface area contributed by atoms with E-state index in [1.807, 2.05) is 0 Å². The molecule has 4 nitrogen and oxygen atoms in total. The summed E-state index contributed by atoms with van der Waals surface area (Å²) in [7, 11) is 0. The van der Waals surface area contributed by atoms with Crippen molar-refractivity contribution in [3.05, 3.63) is 21.9 Å². The van der Waals surface area contributed by atoms with Gasteiger partial charge in [-0.15, -0.1) is 11.3 Å². The second-order valence-electron chi connectivity index (χ2n) is 5.36. The number of nitrogens with one attached hydrogen (secondary N) is 2. The van der Waals surface area contributed by atoms with E-state index in [0.29, 0.717) is 25.4 Å². The molecule has 1 heterocycles. The number of amides is 2. The van der Waals surface area contributed by atoms with Crippen molar-refractivity contribution < 1.29 is 9.59 Å². The SMILES string of the molecule is CCc1ccc(CNC(=O)CCNC(=O)[C@@H]2C[C@@H]2C)s1. The Labute approximate surface area is 124 Å². The van der Waals surface area contributed by atoms with Crippen molar-refractivity contribution in [1.82, 2.24) is 10.6 Å².